The first kappa shape index (κ1) is 18.5. The smallest absolute Gasteiger partial charge is 0.262 e. The van der Waals surface area contributed by atoms with E-state index in [0.29, 0.717) is 11.8 Å². The molecule has 6 rings (SSSR count). The van der Waals surface area contributed by atoms with Crippen molar-refractivity contribution in [3.05, 3.63) is 71.5 Å². The second-order valence-electron chi connectivity index (χ2n) is 7.90. The van der Waals surface area contributed by atoms with Gasteiger partial charge < -0.3 is 5.32 Å². The van der Waals surface area contributed by atoms with Crippen LogP contribution in [0.3, 0.4) is 0 Å². The number of piperidine rings is 3. The lowest BCUT2D eigenvalue weighted by atomic mass is 9.74. The van der Waals surface area contributed by atoms with E-state index in [1.54, 1.807) is 6.20 Å². The third kappa shape index (κ3) is 3.82. The molecule has 3 aliphatic rings. The number of thiophene rings is 1. The van der Waals surface area contributed by atoms with Crippen molar-refractivity contribution in [3.63, 3.8) is 0 Å². The van der Waals surface area contributed by atoms with Crippen LogP contribution in [0.25, 0.3) is 10.6 Å². The molecule has 3 aromatic heterocycles. The minimum atomic E-state index is 0.0194. The van der Waals surface area contributed by atoms with Gasteiger partial charge in [0.2, 0.25) is 0 Å². The number of hydrogen-bond acceptors (Lipinski definition) is 5. The Morgan fingerprint density at radius 2 is 2.00 bits per heavy atom. The highest BCUT2D eigenvalue weighted by atomic mass is 32.1. The quantitative estimate of drug-likeness (QED) is 0.702. The van der Waals surface area contributed by atoms with Gasteiger partial charge in [-0.2, -0.15) is 0 Å². The highest BCUT2D eigenvalue weighted by molar-refractivity contribution is 7.17. The van der Waals surface area contributed by atoms with Crippen LogP contribution < -0.4 is 5.32 Å². The number of nitrogens with one attached hydrogen (secondary N) is 1. The zero-order valence-electron chi connectivity index (χ0n) is 16.2. The Labute approximate surface area is 174 Å². The third-order valence-electron chi connectivity index (χ3n) is 6.20. The first-order chi connectivity index (χ1) is 14.3. The maximum Gasteiger partial charge on any atom is 0.262 e. The van der Waals surface area contributed by atoms with Crippen LogP contribution in [-0.2, 0) is 6.42 Å². The number of rotatable bonds is 5. The van der Waals surface area contributed by atoms with Crippen molar-refractivity contribution in [2.24, 2.45) is 11.8 Å². The summed E-state index contributed by atoms with van der Waals surface area (Å²) in [4.78, 5) is 26.0. The van der Waals surface area contributed by atoms with Crippen molar-refractivity contribution >= 4 is 17.2 Å². The summed E-state index contributed by atoms with van der Waals surface area (Å²) in [6.45, 7) is 2.14. The maximum atomic E-state index is 13.1. The van der Waals surface area contributed by atoms with Gasteiger partial charge >= 0.3 is 0 Å². The van der Waals surface area contributed by atoms with E-state index in [1.165, 1.54) is 29.7 Å². The first-order valence-corrected chi connectivity index (χ1v) is 11.0. The van der Waals surface area contributed by atoms with Crippen LogP contribution in [0.1, 0.15) is 28.1 Å². The summed E-state index contributed by atoms with van der Waals surface area (Å²) in [5.74, 6) is 1.12. The lowest BCUT2D eigenvalue weighted by Crippen LogP contribution is -2.62. The molecule has 0 spiro atoms. The summed E-state index contributed by atoms with van der Waals surface area (Å²) in [5, 5.41) is 3.36. The van der Waals surface area contributed by atoms with Crippen LogP contribution in [-0.4, -0.2) is 40.0 Å². The van der Waals surface area contributed by atoms with Gasteiger partial charge in [0.05, 0.1) is 21.6 Å². The molecule has 0 aliphatic carbocycles. The molecule has 2 bridgehead atoms. The molecule has 6 heteroatoms. The average molecular weight is 405 g/mol. The SMILES string of the molecule is O=C(NC1C(Cc2cccnc2)C2CCN1CC2)c1ccc(-c2ccccn2)s1. The van der Waals surface area contributed by atoms with Crippen LogP contribution in [0.5, 0.6) is 0 Å². The molecule has 2 unspecified atom stereocenters. The van der Waals surface area contributed by atoms with Gasteiger partial charge in [0.15, 0.2) is 0 Å². The van der Waals surface area contributed by atoms with E-state index in [-0.39, 0.29) is 12.1 Å². The molecule has 3 aromatic rings. The minimum absolute atomic E-state index is 0.0194. The Hall–Kier alpha value is -2.57. The molecule has 0 radical (unpaired) electrons. The molecule has 29 heavy (non-hydrogen) atoms. The number of nitrogens with zero attached hydrogens (tertiary/aromatic N) is 3. The number of fused-ring (bicyclic) bond motifs is 3. The zero-order chi connectivity index (χ0) is 19.6. The second-order valence-corrected chi connectivity index (χ2v) is 8.98. The van der Waals surface area contributed by atoms with E-state index in [2.05, 4.69) is 26.3 Å². The predicted octanol–water partition coefficient (Wildman–Crippen LogP) is 3.85. The second kappa shape index (κ2) is 8.05. The van der Waals surface area contributed by atoms with Crippen molar-refractivity contribution in [3.8, 4) is 10.6 Å². The van der Waals surface area contributed by atoms with Gasteiger partial charge in [0.1, 0.15) is 0 Å². The highest BCUT2D eigenvalue weighted by Gasteiger charge is 2.42. The number of hydrogen-bond donors (Lipinski definition) is 1. The molecule has 0 aromatic carbocycles. The summed E-state index contributed by atoms with van der Waals surface area (Å²) in [7, 11) is 0. The number of carbonyl (C=O) groups excluding carboxylic acids is 1. The summed E-state index contributed by atoms with van der Waals surface area (Å²) in [6, 6.07) is 13.9. The van der Waals surface area contributed by atoms with Gasteiger partial charge in [-0.05, 0) is 67.0 Å². The van der Waals surface area contributed by atoms with E-state index < -0.39 is 0 Å². The van der Waals surface area contributed by atoms with Gasteiger partial charge in [0.25, 0.3) is 5.91 Å². The number of carbonyl (C=O) groups is 1. The first-order valence-electron chi connectivity index (χ1n) is 10.2. The van der Waals surface area contributed by atoms with Crippen molar-refractivity contribution < 1.29 is 4.79 Å². The summed E-state index contributed by atoms with van der Waals surface area (Å²) in [6.07, 6.45) is 9.05. The van der Waals surface area contributed by atoms with Gasteiger partial charge in [0, 0.05) is 31.7 Å². The van der Waals surface area contributed by atoms with Gasteiger partial charge in [-0.3, -0.25) is 19.7 Å². The molecule has 3 saturated heterocycles. The Balaban J connectivity index is 1.34. The van der Waals surface area contributed by atoms with E-state index in [4.69, 9.17) is 0 Å². The fraction of sp³-hybridized carbons (Fsp3) is 0.348. The van der Waals surface area contributed by atoms with Crippen molar-refractivity contribution in [2.45, 2.75) is 25.4 Å². The molecular formula is C23H24N4OS. The van der Waals surface area contributed by atoms with Crippen LogP contribution in [0.15, 0.2) is 61.1 Å². The molecular weight excluding hydrogens is 380 g/mol. The third-order valence-corrected chi connectivity index (χ3v) is 7.31. The summed E-state index contributed by atoms with van der Waals surface area (Å²) in [5.41, 5.74) is 2.16. The van der Waals surface area contributed by atoms with Crippen LogP contribution in [0.4, 0.5) is 0 Å². The lowest BCUT2D eigenvalue weighted by Gasteiger charge is -2.51. The number of pyridine rings is 2. The molecule has 148 valence electrons. The molecule has 2 atom stereocenters. The topological polar surface area (TPSA) is 58.1 Å². The van der Waals surface area contributed by atoms with E-state index in [1.807, 2.05) is 48.8 Å². The van der Waals surface area contributed by atoms with Crippen LogP contribution >= 0.6 is 11.3 Å². The van der Waals surface area contributed by atoms with Gasteiger partial charge in [-0.1, -0.05) is 12.1 Å². The number of aromatic nitrogens is 2. The summed E-state index contributed by atoms with van der Waals surface area (Å²) < 4.78 is 0. The fourth-order valence-corrected chi connectivity index (χ4v) is 5.62. The fourth-order valence-electron chi connectivity index (χ4n) is 4.73. The van der Waals surface area contributed by atoms with Gasteiger partial charge in [-0.15, -0.1) is 11.3 Å². The van der Waals surface area contributed by atoms with Crippen molar-refractivity contribution in [1.82, 2.24) is 20.2 Å². The molecule has 1 N–H and O–H groups in total. The van der Waals surface area contributed by atoms with Crippen LogP contribution in [0.2, 0.25) is 0 Å². The zero-order valence-corrected chi connectivity index (χ0v) is 17.0. The normalized spacial score (nSPS) is 25.7. The van der Waals surface area contributed by atoms with E-state index in [9.17, 15) is 4.79 Å². The molecule has 0 saturated carbocycles. The molecule has 5 nitrogen and oxygen atoms in total. The lowest BCUT2D eigenvalue weighted by molar-refractivity contribution is -0.0233. The predicted molar refractivity (Wildman–Crippen MR) is 115 cm³/mol. The van der Waals surface area contributed by atoms with Crippen LogP contribution in [0, 0.1) is 11.8 Å². The standard InChI is InChI=1S/C23H24N4OS/c28-23(21-7-6-20(29-21)19-5-1-2-11-25-19)26-22-18(14-16-4-3-10-24-15-16)17-8-12-27(22)13-9-17/h1-7,10-11,15,17-18,22H,8-9,12-14H2,(H,26,28). The van der Waals surface area contributed by atoms with Crippen molar-refractivity contribution in [1.29, 1.82) is 0 Å². The Kier molecular flexibility index (Phi) is 5.12. The maximum absolute atomic E-state index is 13.1. The number of amides is 1. The summed E-state index contributed by atoms with van der Waals surface area (Å²) >= 11 is 1.50. The molecule has 3 aliphatic heterocycles. The minimum Gasteiger partial charge on any atom is -0.335 e. The Morgan fingerprint density at radius 1 is 1.10 bits per heavy atom. The van der Waals surface area contributed by atoms with E-state index in [0.717, 1.165) is 35.0 Å². The Morgan fingerprint density at radius 3 is 2.76 bits per heavy atom. The molecule has 6 heterocycles. The van der Waals surface area contributed by atoms with E-state index >= 15 is 0 Å². The largest absolute Gasteiger partial charge is 0.335 e. The molecule has 1 amide bonds. The highest BCUT2D eigenvalue weighted by Crippen LogP contribution is 2.38. The van der Waals surface area contributed by atoms with Crippen molar-refractivity contribution in [2.75, 3.05) is 13.1 Å². The Bertz CT molecular complexity index is 967. The molecule has 3 fully saturated rings. The monoisotopic (exact) mass is 404 g/mol. The average Bonchev–Trinajstić information content (AvgIpc) is 3.28. The van der Waals surface area contributed by atoms with Gasteiger partial charge in [-0.25, -0.2) is 0 Å².